The Morgan fingerprint density at radius 2 is 2.07 bits per heavy atom. The molecule has 0 spiro atoms. The van der Waals surface area contributed by atoms with Crippen molar-refractivity contribution < 1.29 is 22.8 Å². The molecular weight excluding hydrogens is 380 g/mol. The van der Waals surface area contributed by atoms with Crippen LogP contribution in [0, 0.1) is 18.6 Å². The van der Waals surface area contributed by atoms with Gasteiger partial charge in [-0.05, 0) is 55.7 Å². The first kappa shape index (κ1) is 19.0. The van der Waals surface area contributed by atoms with Crippen LogP contribution in [0.1, 0.15) is 40.7 Å². The summed E-state index contributed by atoms with van der Waals surface area (Å²) in [4.78, 5) is 19.0. The number of hydrogen-bond donors (Lipinski definition) is 0. The Morgan fingerprint density at radius 3 is 2.83 bits per heavy atom. The van der Waals surface area contributed by atoms with Gasteiger partial charge in [-0.3, -0.25) is 4.79 Å². The number of amides is 1. The standard InChI is InChI=1S/C21H19F2N3O3/c1-12-11-13(8-9-15(12)22)21(27)26-10-4-7-17(26)20-24-19(25-29-20)14-5-3-6-16(23)18(14)28-2/h3,5-6,8-9,11,17H,4,7,10H2,1-2H3/t17-/m0/s1. The highest BCUT2D eigenvalue weighted by Crippen LogP contribution is 2.35. The van der Waals surface area contributed by atoms with Gasteiger partial charge in [0.05, 0.1) is 12.7 Å². The maximum Gasteiger partial charge on any atom is 0.254 e. The number of methoxy groups -OCH3 is 1. The van der Waals surface area contributed by atoms with Gasteiger partial charge in [0.1, 0.15) is 11.9 Å². The average molecular weight is 399 g/mol. The van der Waals surface area contributed by atoms with Gasteiger partial charge in [-0.2, -0.15) is 4.98 Å². The molecule has 1 saturated heterocycles. The maximum absolute atomic E-state index is 14.0. The Kier molecular flexibility index (Phi) is 5.00. The predicted molar refractivity (Wildman–Crippen MR) is 100 cm³/mol. The fourth-order valence-corrected chi connectivity index (χ4v) is 3.58. The summed E-state index contributed by atoms with van der Waals surface area (Å²) in [5, 5.41) is 3.95. The molecule has 6 nitrogen and oxygen atoms in total. The highest BCUT2D eigenvalue weighted by atomic mass is 19.1. The van der Waals surface area contributed by atoms with E-state index in [0.717, 1.165) is 6.42 Å². The second kappa shape index (κ2) is 7.62. The van der Waals surface area contributed by atoms with E-state index < -0.39 is 11.9 Å². The van der Waals surface area contributed by atoms with E-state index in [1.165, 1.54) is 37.4 Å². The minimum atomic E-state index is -0.527. The molecule has 0 unspecified atom stereocenters. The lowest BCUT2D eigenvalue weighted by Crippen LogP contribution is -2.30. The number of halogens is 2. The monoisotopic (exact) mass is 399 g/mol. The second-order valence-electron chi connectivity index (χ2n) is 6.90. The largest absolute Gasteiger partial charge is 0.493 e. The molecule has 0 N–H and O–H groups in total. The van der Waals surface area contributed by atoms with E-state index in [0.29, 0.717) is 29.7 Å². The molecule has 2 aromatic carbocycles. The third-order valence-electron chi connectivity index (χ3n) is 5.06. The molecule has 0 saturated carbocycles. The second-order valence-corrected chi connectivity index (χ2v) is 6.90. The zero-order valence-corrected chi connectivity index (χ0v) is 16.0. The van der Waals surface area contributed by atoms with Crippen LogP contribution in [0.25, 0.3) is 11.4 Å². The average Bonchev–Trinajstić information content (AvgIpc) is 3.38. The molecule has 1 fully saturated rings. The maximum atomic E-state index is 14.0. The minimum absolute atomic E-state index is 0.0287. The number of carbonyl (C=O) groups excluding carboxylic acids is 1. The van der Waals surface area contributed by atoms with Gasteiger partial charge >= 0.3 is 0 Å². The van der Waals surface area contributed by atoms with Crippen LogP contribution in [-0.2, 0) is 0 Å². The molecule has 4 rings (SSSR count). The van der Waals surface area contributed by atoms with Crippen molar-refractivity contribution in [3.8, 4) is 17.1 Å². The molecule has 3 aromatic rings. The van der Waals surface area contributed by atoms with Crippen molar-refractivity contribution >= 4 is 5.91 Å². The molecule has 1 aliphatic rings. The van der Waals surface area contributed by atoms with Gasteiger partial charge < -0.3 is 14.2 Å². The summed E-state index contributed by atoms with van der Waals surface area (Å²) in [6, 6.07) is 8.34. The number of nitrogens with zero attached hydrogens (tertiary/aromatic N) is 3. The number of ether oxygens (including phenoxy) is 1. The van der Waals surface area contributed by atoms with Crippen LogP contribution >= 0.6 is 0 Å². The third kappa shape index (κ3) is 3.46. The van der Waals surface area contributed by atoms with Gasteiger partial charge in [-0.15, -0.1) is 0 Å². The van der Waals surface area contributed by atoms with Gasteiger partial charge in [0.15, 0.2) is 11.6 Å². The normalized spacial score (nSPS) is 16.3. The Balaban J connectivity index is 1.63. The van der Waals surface area contributed by atoms with Crippen LogP contribution in [-0.4, -0.2) is 34.6 Å². The quantitative estimate of drug-likeness (QED) is 0.654. The van der Waals surface area contributed by atoms with E-state index >= 15 is 0 Å². The summed E-state index contributed by atoms with van der Waals surface area (Å²) in [5.74, 6) is -0.616. The number of aryl methyl sites for hydroxylation is 1. The number of benzene rings is 2. The number of aromatic nitrogens is 2. The lowest BCUT2D eigenvalue weighted by Gasteiger charge is -2.22. The first-order chi connectivity index (χ1) is 14.0. The molecule has 1 atom stereocenters. The molecule has 0 bridgehead atoms. The number of hydrogen-bond acceptors (Lipinski definition) is 5. The number of rotatable bonds is 4. The van der Waals surface area contributed by atoms with Gasteiger partial charge in [0, 0.05) is 12.1 Å². The topological polar surface area (TPSA) is 68.5 Å². The van der Waals surface area contributed by atoms with Crippen LogP contribution in [0.15, 0.2) is 40.9 Å². The molecule has 1 amide bonds. The summed E-state index contributed by atoms with van der Waals surface area (Å²) < 4.78 is 38.0. The zero-order valence-electron chi connectivity index (χ0n) is 16.0. The van der Waals surface area contributed by atoms with E-state index in [1.54, 1.807) is 17.9 Å². The lowest BCUT2D eigenvalue weighted by atomic mass is 10.1. The fourth-order valence-electron chi connectivity index (χ4n) is 3.58. The van der Waals surface area contributed by atoms with E-state index in [1.807, 2.05) is 0 Å². The van der Waals surface area contributed by atoms with Crippen molar-refractivity contribution in [1.29, 1.82) is 0 Å². The van der Waals surface area contributed by atoms with Crippen LogP contribution in [0.3, 0.4) is 0 Å². The van der Waals surface area contributed by atoms with E-state index in [2.05, 4.69) is 10.1 Å². The van der Waals surface area contributed by atoms with Gasteiger partial charge in [-0.1, -0.05) is 11.2 Å². The third-order valence-corrected chi connectivity index (χ3v) is 5.06. The molecular formula is C21H19F2N3O3. The van der Waals surface area contributed by atoms with E-state index in [4.69, 9.17) is 9.26 Å². The van der Waals surface area contributed by atoms with Crippen LogP contribution in [0.4, 0.5) is 8.78 Å². The van der Waals surface area contributed by atoms with Gasteiger partial charge in [-0.25, -0.2) is 8.78 Å². The predicted octanol–water partition coefficient (Wildman–Crippen LogP) is 4.31. The molecule has 8 heteroatoms. The summed E-state index contributed by atoms with van der Waals surface area (Å²) in [5.41, 5.74) is 1.18. The lowest BCUT2D eigenvalue weighted by molar-refractivity contribution is 0.0710. The molecule has 29 heavy (non-hydrogen) atoms. The molecule has 0 radical (unpaired) electrons. The van der Waals surface area contributed by atoms with Crippen molar-refractivity contribution in [3.05, 3.63) is 65.1 Å². The smallest absolute Gasteiger partial charge is 0.254 e. The minimum Gasteiger partial charge on any atom is -0.493 e. The Labute approximate surface area is 166 Å². The van der Waals surface area contributed by atoms with Crippen molar-refractivity contribution in [2.24, 2.45) is 0 Å². The summed E-state index contributed by atoms with van der Waals surface area (Å²) in [6.45, 7) is 2.14. The first-order valence-electron chi connectivity index (χ1n) is 9.23. The molecule has 2 heterocycles. The Morgan fingerprint density at radius 1 is 1.24 bits per heavy atom. The SMILES string of the molecule is COc1c(F)cccc1-c1noc([C@@H]2CCCN2C(=O)c2ccc(F)c(C)c2)n1. The first-order valence-corrected chi connectivity index (χ1v) is 9.23. The Hall–Kier alpha value is -3.29. The highest BCUT2D eigenvalue weighted by Gasteiger charge is 2.35. The number of likely N-dealkylation sites (tertiary alicyclic amines) is 1. The molecule has 150 valence electrons. The summed E-state index contributed by atoms with van der Waals surface area (Å²) in [6.07, 6.45) is 1.44. The van der Waals surface area contributed by atoms with Crippen molar-refractivity contribution in [3.63, 3.8) is 0 Å². The highest BCUT2D eigenvalue weighted by molar-refractivity contribution is 5.94. The summed E-state index contributed by atoms with van der Waals surface area (Å²) in [7, 11) is 1.37. The van der Waals surface area contributed by atoms with Gasteiger partial charge in [0.2, 0.25) is 11.7 Å². The van der Waals surface area contributed by atoms with Crippen LogP contribution in [0.2, 0.25) is 0 Å². The fraction of sp³-hybridized carbons (Fsp3) is 0.286. The number of para-hydroxylation sites is 1. The van der Waals surface area contributed by atoms with Crippen molar-refractivity contribution in [2.45, 2.75) is 25.8 Å². The summed E-state index contributed by atoms with van der Waals surface area (Å²) >= 11 is 0. The zero-order chi connectivity index (χ0) is 20.5. The van der Waals surface area contributed by atoms with E-state index in [-0.39, 0.29) is 29.2 Å². The number of carbonyl (C=O) groups is 1. The Bertz CT molecular complexity index is 1070. The van der Waals surface area contributed by atoms with Gasteiger partial charge in [0.25, 0.3) is 5.91 Å². The molecule has 0 aliphatic carbocycles. The van der Waals surface area contributed by atoms with Crippen molar-refractivity contribution in [1.82, 2.24) is 15.0 Å². The molecule has 1 aliphatic heterocycles. The van der Waals surface area contributed by atoms with Crippen LogP contribution in [0.5, 0.6) is 5.75 Å². The molecule has 1 aromatic heterocycles. The van der Waals surface area contributed by atoms with E-state index in [9.17, 15) is 13.6 Å². The van der Waals surface area contributed by atoms with Crippen LogP contribution < -0.4 is 4.74 Å². The van der Waals surface area contributed by atoms with Crippen molar-refractivity contribution in [2.75, 3.05) is 13.7 Å².